The monoisotopic (exact) mass is 972 g/mol. The van der Waals surface area contributed by atoms with E-state index < -0.39 is 34.9 Å². The molecule has 2 aliphatic carbocycles. The van der Waals surface area contributed by atoms with Gasteiger partial charge in [0.25, 0.3) is 0 Å². The van der Waals surface area contributed by atoms with Crippen LogP contribution >= 0.6 is 0 Å². The van der Waals surface area contributed by atoms with Crippen molar-refractivity contribution >= 4 is 98.3 Å². The van der Waals surface area contributed by atoms with E-state index in [2.05, 4.69) is 0 Å². The minimum Gasteiger partial charge on any atom is -0.507 e. The Morgan fingerprint density at radius 3 is 1.11 bits per heavy atom. The van der Waals surface area contributed by atoms with E-state index in [0.717, 1.165) is 11.1 Å². The maximum absolute atomic E-state index is 13.3. The molecular weight excluding hydrogens is 929 g/mol. The van der Waals surface area contributed by atoms with Crippen molar-refractivity contribution in [2.45, 2.75) is 39.9 Å². The summed E-state index contributed by atoms with van der Waals surface area (Å²) in [7, 11) is 8.56. The van der Waals surface area contributed by atoms with Gasteiger partial charge in [-0.05, 0) is 54.0 Å². The summed E-state index contributed by atoms with van der Waals surface area (Å²) < 4.78 is 33.8. The van der Waals surface area contributed by atoms with Gasteiger partial charge in [-0.2, -0.15) is 0 Å². The molecule has 0 bridgehead atoms. The molecule has 0 aromatic heterocycles. The summed E-state index contributed by atoms with van der Waals surface area (Å²) in [6, 6.07) is 5.12. The van der Waals surface area contributed by atoms with Gasteiger partial charge in [-0.15, -0.1) is 0 Å². The SMILES string of the molecule is COc1c(O)c2c(=O)cc(OC)c3c4c(OC)cc(=O)c5c(O)c(CO)c6c(c(c1C=C(C)C6)c23)c54.COc1c(O)c2c(=O)cc(OC)c3c4c(OC)cc(=O)c5c(O)c(CO)c6c(c(c1CC(C)=C6)c23)c54. The smallest absolute Gasteiger partial charge is 0.194 e. The van der Waals surface area contributed by atoms with Crippen LogP contribution in [0.2, 0.25) is 0 Å². The fourth-order valence-electron chi connectivity index (χ4n) is 11.9. The first kappa shape index (κ1) is 45.8. The highest BCUT2D eigenvalue weighted by molar-refractivity contribution is 6.40. The van der Waals surface area contributed by atoms with Crippen LogP contribution in [0.3, 0.4) is 0 Å². The molecule has 0 amide bonds. The lowest BCUT2D eigenvalue weighted by atomic mass is 9.82. The van der Waals surface area contributed by atoms with Crippen molar-refractivity contribution in [2.24, 2.45) is 0 Å². The minimum absolute atomic E-state index is 0.0339. The van der Waals surface area contributed by atoms with E-state index in [1.807, 2.05) is 26.0 Å². The van der Waals surface area contributed by atoms with E-state index in [-0.39, 0.29) is 90.2 Å². The van der Waals surface area contributed by atoms with Crippen LogP contribution in [0, 0.1) is 0 Å². The third-order valence-electron chi connectivity index (χ3n) is 14.6. The van der Waals surface area contributed by atoms with Gasteiger partial charge in [0, 0.05) is 95.0 Å². The van der Waals surface area contributed by atoms with E-state index in [9.17, 15) is 49.8 Å². The fraction of sp³-hybridized carbons (Fsp3) is 0.214. The summed E-state index contributed by atoms with van der Waals surface area (Å²) in [6.45, 7) is 2.76. The van der Waals surface area contributed by atoms with Crippen molar-refractivity contribution in [3.8, 4) is 57.5 Å². The number of fused-ring (bicyclic) bond motifs is 2. The Morgan fingerprint density at radius 2 is 0.708 bits per heavy atom. The minimum atomic E-state index is -0.514. The number of phenolic OH excluding ortho intramolecular Hbond substituents is 2. The first-order chi connectivity index (χ1) is 34.6. The Kier molecular flexibility index (Phi) is 10.2. The predicted molar refractivity (Wildman–Crippen MR) is 275 cm³/mol. The topological polar surface area (TPSA) is 245 Å². The van der Waals surface area contributed by atoms with Crippen LogP contribution in [-0.2, 0) is 26.1 Å². The first-order valence-corrected chi connectivity index (χ1v) is 22.6. The number of methoxy groups -OCH3 is 6. The van der Waals surface area contributed by atoms with Crippen molar-refractivity contribution in [2.75, 3.05) is 42.7 Å². The number of aromatic hydroxyl groups is 4. The summed E-state index contributed by atoms with van der Waals surface area (Å²) in [6.07, 6.45) is 4.41. The molecule has 0 fully saturated rings. The van der Waals surface area contributed by atoms with Gasteiger partial charge < -0.3 is 59.1 Å². The van der Waals surface area contributed by atoms with Crippen LogP contribution < -0.4 is 50.1 Å². The maximum Gasteiger partial charge on any atom is 0.194 e. The highest BCUT2D eigenvalue weighted by Gasteiger charge is 2.35. The molecule has 10 aromatic rings. The molecule has 0 atom stereocenters. The molecule has 2 aliphatic rings. The molecule has 0 aliphatic heterocycles. The number of aliphatic hydroxyl groups excluding tert-OH is 2. The van der Waals surface area contributed by atoms with Crippen molar-refractivity contribution in [3.63, 3.8) is 0 Å². The van der Waals surface area contributed by atoms with Crippen molar-refractivity contribution in [1.29, 1.82) is 0 Å². The molecule has 0 unspecified atom stereocenters. The van der Waals surface area contributed by atoms with E-state index in [4.69, 9.17) is 28.4 Å². The number of hydrogen-bond acceptors (Lipinski definition) is 16. The Morgan fingerprint density at radius 1 is 0.375 bits per heavy atom. The zero-order valence-corrected chi connectivity index (χ0v) is 40.1. The Labute approximate surface area is 405 Å². The second kappa shape index (κ2) is 16.0. The standard InChI is InChI=1S/2C28H22O8/c2*1-10-5-11-13(9-29)26(32)20-14(30)7-16(34-2)22-23-17(35-3)8-15(31)21-25(23)19(18(11)24(20)22)12(6-10)28(36-4)27(21)33/h6-8,29,32-33H,5,9H2,1-4H3;5,7-8,29,32-33H,6,9H2,1-4H3. The van der Waals surface area contributed by atoms with E-state index in [1.54, 1.807) is 0 Å². The zero-order valence-electron chi connectivity index (χ0n) is 40.1. The predicted octanol–water partition coefficient (Wildman–Crippen LogP) is 7.57. The molecule has 0 saturated carbocycles. The Bertz CT molecular complexity index is 4120. The average Bonchev–Trinajstić information content (AvgIpc) is 3.61. The molecule has 6 N–H and O–H groups in total. The molecular formula is C56H44O16. The highest BCUT2D eigenvalue weighted by atomic mass is 16.5. The van der Waals surface area contributed by atoms with Gasteiger partial charge in [-0.3, -0.25) is 19.2 Å². The number of rotatable bonds is 8. The summed E-state index contributed by atoms with van der Waals surface area (Å²) in [4.78, 5) is 53.3. The largest absolute Gasteiger partial charge is 0.507 e. The molecule has 10 aromatic carbocycles. The van der Waals surface area contributed by atoms with Crippen molar-refractivity contribution in [1.82, 2.24) is 0 Å². The van der Waals surface area contributed by atoms with Crippen LogP contribution in [0.5, 0.6) is 57.5 Å². The summed E-state index contributed by atoms with van der Waals surface area (Å²) >= 11 is 0. The lowest BCUT2D eigenvalue weighted by molar-refractivity contribution is 0.275. The van der Waals surface area contributed by atoms with Gasteiger partial charge in [-0.1, -0.05) is 23.3 Å². The van der Waals surface area contributed by atoms with Gasteiger partial charge in [-0.25, -0.2) is 0 Å². The third kappa shape index (κ3) is 5.63. The molecule has 0 spiro atoms. The fourth-order valence-corrected chi connectivity index (χ4v) is 11.9. The Hall–Kier alpha value is -8.60. The van der Waals surface area contributed by atoms with Gasteiger partial charge in [0.1, 0.15) is 34.5 Å². The normalized spacial score (nSPS) is 13.2. The molecule has 0 saturated heterocycles. The third-order valence-corrected chi connectivity index (χ3v) is 14.6. The maximum atomic E-state index is 13.3. The summed E-state index contributed by atoms with van der Waals surface area (Å²) in [5, 5.41) is 71.8. The number of aliphatic hydroxyl groups is 2. The van der Waals surface area contributed by atoms with Gasteiger partial charge in [0.05, 0.1) is 77.4 Å². The Balaban J connectivity index is 0.000000156. The number of phenols is 4. The van der Waals surface area contributed by atoms with E-state index >= 15 is 0 Å². The highest BCUT2D eigenvalue weighted by Crippen LogP contribution is 2.57. The van der Waals surface area contributed by atoms with Crippen molar-refractivity contribution in [3.05, 3.63) is 110 Å². The van der Waals surface area contributed by atoms with Crippen LogP contribution in [0.4, 0.5) is 0 Å². The lowest BCUT2D eigenvalue weighted by Crippen LogP contribution is -2.10. The molecule has 72 heavy (non-hydrogen) atoms. The van der Waals surface area contributed by atoms with E-state index in [0.29, 0.717) is 99.7 Å². The summed E-state index contributed by atoms with van der Waals surface area (Å²) in [5.74, 6) is 0.0513. The zero-order chi connectivity index (χ0) is 51.3. The average molecular weight is 973 g/mol. The van der Waals surface area contributed by atoms with Gasteiger partial charge in [0.15, 0.2) is 44.7 Å². The molecule has 16 nitrogen and oxygen atoms in total. The molecule has 16 heteroatoms. The molecule has 0 heterocycles. The summed E-state index contributed by atoms with van der Waals surface area (Å²) in [5.41, 5.74) is 2.61. The van der Waals surface area contributed by atoms with Gasteiger partial charge >= 0.3 is 0 Å². The lowest BCUT2D eigenvalue weighted by Gasteiger charge is -2.23. The number of hydrogen-bond donors (Lipinski definition) is 6. The quantitative estimate of drug-likeness (QED) is 0.0635. The van der Waals surface area contributed by atoms with Gasteiger partial charge in [0.2, 0.25) is 0 Å². The molecule has 12 rings (SSSR count). The van der Waals surface area contributed by atoms with E-state index in [1.165, 1.54) is 66.9 Å². The first-order valence-electron chi connectivity index (χ1n) is 22.6. The van der Waals surface area contributed by atoms with Crippen LogP contribution in [0.25, 0.3) is 98.3 Å². The number of ether oxygens (including phenoxy) is 6. The molecule has 364 valence electrons. The van der Waals surface area contributed by atoms with Crippen LogP contribution in [0.15, 0.2) is 54.6 Å². The second-order valence-corrected chi connectivity index (χ2v) is 18.2. The van der Waals surface area contributed by atoms with Crippen LogP contribution in [0.1, 0.15) is 47.2 Å². The second-order valence-electron chi connectivity index (χ2n) is 18.2. The molecule has 0 radical (unpaired) electrons. The van der Waals surface area contributed by atoms with Crippen LogP contribution in [-0.4, -0.2) is 73.3 Å². The number of allylic oxidation sites excluding steroid dienone is 2. The number of benzene rings is 10. The van der Waals surface area contributed by atoms with Crippen molar-refractivity contribution < 1.29 is 59.1 Å².